The fraction of sp³-hybridized carbons (Fsp3) is 0.889. The Bertz CT molecular complexity index is 143. The maximum absolute atomic E-state index is 10.7. The predicted molar refractivity (Wildman–Crippen MR) is 48.2 cm³/mol. The van der Waals surface area contributed by atoms with Crippen molar-refractivity contribution in [3.05, 3.63) is 0 Å². The summed E-state index contributed by atoms with van der Waals surface area (Å²) in [5.74, 6) is -0.586. The number of hydrogen-bond acceptors (Lipinski definition) is 4. The molecule has 4 heteroatoms. The van der Waals surface area contributed by atoms with Gasteiger partial charge >= 0.3 is 5.97 Å². The van der Waals surface area contributed by atoms with E-state index in [1.165, 1.54) is 6.92 Å². The van der Waals surface area contributed by atoms with E-state index in [9.17, 15) is 4.79 Å². The Kier molecular flexibility index (Phi) is 6.54. The van der Waals surface area contributed by atoms with Gasteiger partial charge in [-0.3, -0.25) is 0 Å². The third-order valence-corrected chi connectivity index (χ3v) is 1.60. The van der Waals surface area contributed by atoms with Crippen LogP contribution < -0.4 is 0 Å². The molecule has 2 unspecified atom stereocenters. The second-order valence-corrected chi connectivity index (χ2v) is 3.19. The molecule has 13 heavy (non-hydrogen) atoms. The van der Waals surface area contributed by atoms with Gasteiger partial charge < -0.3 is 14.9 Å². The summed E-state index contributed by atoms with van der Waals surface area (Å²) in [6, 6.07) is 0. The van der Waals surface area contributed by atoms with E-state index in [-0.39, 0.29) is 6.10 Å². The summed E-state index contributed by atoms with van der Waals surface area (Å²) in [7, 11) is 0. The molecule has 0 aliphatic heterocycles. The molecule has 0 spiro atoms. The Labute approximate surface area is 78.5 Å². The van der Waals surface area contributed by atoms with Crippen LogP contribution in [0.15, 0.2) is 0 Å². The van der Waals surface area contributed by atoms with Crippen LogP contribution in [-0.2, 0) is 9.53 Å². The van der Waals surface area contributed by atoms with Gasteiger partial charge in [0.1, 0.15) is 6.10 Å². The summed E-state index contributed by atoms with van der Waals surface area (Å²) in [6.45, 7) is 3.41. The molecule has 0 heterocycles. The summed E-state index contributed by atoms with van der Waals surface area (Å²) in [5.41, 5.74) is 0. The van der Waals surface area contributed by atoms with Gasteiger partial charge in [-0.1, -0.05) is 0 Å². The number of esters is 1. The highest BCUT2D eigenvalue weighted by Gasteiger charge is 2.08. The van der Waals surface area contributed by atoms with Crippen molar-refractivity contribution >= 4 is 5.97 Å². The zero-order chi connectivity index (χ0) is 10.3. The average Bonchev–Trinajstić information content (AvgIpc) is 2.02. The van der Waals surface area contributed by atoms with Crippen LogP contribution in [0.25, 0.3) is 0 Å². The molecular formula is C9H18O4. The molecule has 78 valence electrons. The molecule has 0 aliphatic rings. The highest BCUT2D eigenvalue weighted by Crippen LogP contribution is 2.00. The molecule has 0 bridgehead atoms. The van der Waals surface area contributed by atoms with E-state index < -0.39 is 12.1 Å². The van der Waals surface area contributed by atoms with Crippen LogP contribution in [0.4, 0.5) is 0 Å². The van der Waals surface area contributed by atoms with Crippen molar-refractivity contribution in [2.75, 3.05) is 6.61 Å². The number of carbonyl (C=O) groups is 1. The van der Waals surface area contributed by atoms with Gasteiger partial charge in [-0.2, -0.15) is 0 Å². The summed E-state index contributed by atoms with van der Waals surface area (Å²) in [4.78, 5) is 10.7. The molecule has 0 aromatic rings. The maximum atomic E-state index is 10.7. The van der Waals surface area contributed by atoms with Crippen LogP contribution in [0, 0.1) is 0 Å². The van der Waals surface area contributed by atoms with E-state index in [1.807, 2.05) is 0 Å². The SMILES string of the molecule is CC(O)CCCCOC(=O)C(C)O. The fourth-order valence-electron chi connectivity index (χ4n) is 0.835. The second-order valence-electron chi connectivity index (χ2n) is 3.19. The Hall–Kier alpha value is -0.610. The zero-order valence-electron chi connectivity index (χ0n) is 8.19. The monoisotopic (exact) mass is 190 g/mol. The van der Waals surface area contributed by atoms with E-state index in [4.69, 9.17) is 14.9 Å². The van der Waals surface area contributed by atoms with Gasteiger partial charge in [-0.15, -0.1) is 0 Å². The molecule has 0 amide bonds. The molecule has 0 aliphatic carbocycles. The summed E-state index contributed by atoms with van der Waals surface area (Å²) < 4.78 is 4.71. The van der Waals surface area contributed by atoms with Crippen LogP contribution >= 0.6 is 0 Å². The van der Waals surface area contributed by atoms with E-state index in [1.54, 1.807) is 6.92 Å². The topological polar surface area (TPSA) is 66.8 Å². The van der Waals surface area contributed by atoms with Crippen LogP contribution in [0.1, 0.15) is 33.1 Å². The smallest absolute Gasteiger partial charge is 0.334 e. The molecule has 0 radical (unpaired) electrons. The Morgan fingerprint density at radius 2 is 1.92 bits per heavy atom. The van der Waals surface area contributed by atoms with Crippen molar-refractivity contribution in [3.8, 4) is 0 Å². The minimum absolute atomic E-state index is 0.299. The van der Waals surface area contributed by atoms with Crippen LogP contribution in [0.2, 0.25) is 0 Å². The second kappa shape index (κ2) is 6.86. The molecule has 0 saturated heterocycles. The molecule has 0 rings (SSSR count). The molecule has 0 aromatic carbocycles. The molecule has 2 atom stereocenters. The fourth-order valence-corrected chi connectivity index (χ4v) is 0.835. The standard InChI is InChI=1S/C9H18O4/c1-7(10)5-3-4-6-13-9(12)8(2)11/h7-8,10-11H,3-6H2,1-2H3. The lowest BCUT2D eigenvalue weighted by Crippen LogP contribution is -2.19. The maximum Gasteiger partial charge on any atom is 0.334 e. The molecule has 2 N–H and O–H groups in total. The molecule has 0 fully saturated rings. The third-order valence-electron chi connectivity index (χ3n) is 1.60. The lowest BCUT2D eigenvalue weighted by atomic mass is 10.2. The number of aliphatic hydroxyl groups excluding tert-OH is 2. The van der Waals surface area contributed by atoms with E-state index in [2.05, 4.69) is 0 Å². The first kappa shape index (κ1) is 12.4. The Morgan fingerprint density at radius 1 is 1.31 bits per heavy atom. The van der Waals surface area contributed by atoms with Gasteiger partial charge in [0.05, 0.1) is 12.7 Å². The minimum atomic E-state index is -1.04. The Morgan fingerprint density at radius 3 is 2.38 bits per heavy atom. The number of carbonyl (C=O) groups excluding carboxylic acids is 1. The number of unbranched alkanes of at least 4 members (excludes halogenated alkanes) is 1. The largest absolute Gasteiger partial charge is 0.464 e. The van der Waals surface area contributed by atoms with Crippen LogP contribution in [0.5, 0.6) is 0 Å². The highest BCUT2D eigenvalue weighted by molar-refractivity contribution is 5.73. The molecular weight excluding hydrogens is 172 g/mol. The number of aliphatic hydroxyl groups is 2. The van der Waals surface area contributed by atoms with Gasteiger partial charge in [-0.25, -0.2) is 4.79 Å². The molecule has 4 nitrogen and oxygen atoms in total. The molecule has 0 aromatic heterocycles. The van der Waals surface area contributed by atoms with E-state index >= 15 is 0 Å². The van der Waals surface area contributed by atoms with Gasteiger partial charge in [0, 0.05) is 0 Å². The zero-order valence-corrected chi connectivity index (χ0v) is 8.19. The highest BCUT2D eigenvalue weighted by atomic mass is 16.5. The first-order valence-corrected chi connectivity index (χ1v) is 4.56. The van der Waals surface area contributed by atoms with Crippen molar-refractivity contribution in [3.63, 3.8) is 0 Å². The first-order valence-electron chi connectivity index (χ1n) is 4.56. The summed E-state index contributed by atoms with van der Waals surface area (Å²) in [5, 5.41) is 17.7. The predicted octanol–water partition coefficient (Wildman–Crippen LogP) is 0.461. The van der Waals surface area contributed by atoms with Gasteiger partial charge in [0.25, 0.3) is 0 Å². The van der Waals surface area contributed by atoms with Crippen molar-refractivity contribution in [1.82, 2.24) is 0 Å². The van der Waals surface area contributed by atoms with Crippen molar-refractivity contribution in [2.24, 2.45) is 0 Å². The first-order chi connectivity index (χ1) is 6.04. The van der Waals surface area contributed by atoms with Crippen LogP contribution in [0.3, 0.4) is 0 Å². The number of hydrogen-bond donors (Lipinski definition) is 2. The van der Waals surface area contributed by atoms with Gasteiger partial charge in [0.2, 0.25) is 0 Å². The quantitative estimate of drug-likeness (QED) is 0.471. The van der Waals surface area contributed by atoms with Gasteiger partial charge in [-0.05, 0) is 33.1 Å². The molecule has 0 saturated carbocycles. The number of rotatable bonds is 6. The minimum Gasteiger partial charge on any atom is -0.464 e. The van der Waals surface area contributed by atoms with Crippen molar-refractivity contribution in [2.45, 2.75) is 45.3 Å². The van der Waals surface area contributed by atoms with E-state index in [0.29, 0.717) is 13.0 Å². The summed E-state index contributed by atoms with van der Waals surface area (Å²) in [6.07, 6.45) is 0.921. The van der Waals surface area contributed by atoms with Crippen LogP contribution in [-0.4, -0.2) is 35.0 Å². The number of ether oxygens (including phenoxy) is 1. The van der Waals surface area contributed by atoms with E-state index in [0.717, 1.165) is 12.8 Å². The average molecular weight is 190 g/mol. The van der Waals surface area contributed by atoms with Gasteiger partial charge in [0.15, 0.2) is 0 Å². The lowest BCUT2D eigenvalue weighted by molar-refractivity contribution is -0.152. The normalized spacial score (nSPS) is 15.1. The van der Waals surface area contributed by atoms with Crippen molar-refractivity contribution in [1.29, 1.82) is 0 Å². The lowest BCUT2D eigenvalue weighted by Gasteiger charge is -2.06. The Balaban J connectivity index is 3.21. The summed E-state index contributed by atoms with van der Waals surface area (Å²) >= 11 is 0. The third kappa shape index (κ3) is 7.74. The van der Waals surface area contributed by atoms with Crippen molar-refractivity contribution < 1.29 is 19.7 Å².